The van der Waals surface area contributed by atoms with Gasteiger partial charge in [0, 0.05) is 12.2 Å². The first kappa shape index (κ1) is 24.6. The number of hydrogen-bond acceptors (Lipinski definition) is 6. The summed E-state index contributed by atoms with van der Waals surface area (Å²) in [5.74, 6) is -0.508. The Morgan fingerprint density at radius 2 is 1.54 bits per heavy atom. The molecule has 3 aromatic rings. The number of aliphatic imine (C=N–C) groups is 1. The number of carbonyl (C=O) groups is 2. The van der Waals surface area contributed by atoms with Crippen molar-refractivity contribution in [3.8, 4) is 0 Å². The fraction of sp³-hybridized carbons (Fsp3) is 0.167. The number of nitrogens with one attached hydrogen (secondary N) is 1. The number of allylic oxidation sites excluding steroid dienone is 1. The van der Waals surface area contributed by atoms with Gasteiger partial charge in [0.25, 0.3) is 0 Å². The Hall–Kier alpha value is -4.10. The van der Waals surface area contributed by atoms with Crippen LogP contribution in [0.3, 0.4) is 0 Å². The third kappa shape index (κ3) is 5.67. The Balaban J connectivity index is 1.38. The van der Waals surface area contributed by atoms with Crippen molar-refractivity contribution >= 4 is 28.8 Å². The number of amidine groups is 1. The molecule has 1 N–H and O–H groups in total. The number of hydrogen-bond donors (Lipinski definition) is 1. The molecule has 6 nitrogen and oxygen atoms in total. The Labute approximate surface area is 220 Å². The van der Waals surface area contributed by atoms with E-state index in [0.29, 0.717) is 17.8 Å². The van der Waals surface area contributed by atoms with E-state index in [-0.39, 0.29) is 18.9 Å². The van der Waals surface area contributed by atoms with Crippen LogP contribution in [0, 0.1) is 0 Å². The number of fused-ring (bicyclic) bond motifs is 1. The Bertz CT molecular complexity index is 1370. The van der Waals surface area contributed by atoms with E-state index in [1.807, 2.05) is 108 Å². The van der Waals surface area contributed by atoms with Crippen LogP contribution in [0.4, 0.5) is 0 Å². The quantitative estimate of drug-likeness (QED) is 0.394. The summed E-state index contributed by atoms with van der Waals surface area (Å²) in [7, 11) is 0. The maximum Gasteiger partial charge on any atom is 0.338 e. The van der Waals surface area contributed by atoms with E-state index in [0.717, 1.165) is 27.6 Å². The lowest BCUT2D eigenvalue weighted by molar-refractivity contribution is -0.141. The van der Waals surface area contributed by atoms with Crippen molar-refractivity contribution in [1.29, 1.82) is 0 Å². The number of esters is 1. The molecule has 3 aromatic carbocycles. The molecule has 2 aliphatic rings. The smallest absolute Gasteiger partial charge is 0.338 e. The summed E-state index contributed by atoms with van der Waals surface area (Å²) in [5.41, 5.74) is 4.77. The van der Waals surface area contributed by atoms with Crippen molar-refractivity contribution in [1.82, 2.24) is 10.2 Å². The lowest BCUT2D eigenvalue weighted by Gasteiger charge is -2.36. The minimum atomic E-state index is -0.444. The van der Waals surface area contributed by atoms with Crippen molar-refractivity contribution in [3.63, 3.8) is 0 Å². The number of rotatable bonds is 8. The van der Waals surface area contributed by atoms with Crippen LogP contribution in [0.5, 0.6) is 0 Å². The van der Waals surface area contributed by atoms with E-state index in [1.165, 1.54) is 11.8 Å². The van der Waals surface area contributed by atoms with E-state index in [9.17, 15) is 9.59 Å². The van der Waals surface area contributed by atoms with Gasteiger partial charge in [0.15, 0.2) is 5.17 Å². The minimum absolute atomic E-state index is 0.0942. The summed E-state index contributed by atoms with van der Waals surface area (Å²) in [4.78, 5) is 33.1. The second kappa shape index (κ2) is 11.3. The number of thioether (sulfide) groups is 1. The molecule has 1 atom stereocenters. The number of amides is 1. The van der Waals surface area contributed by atoms with Gasteiger partial charge in [0.05, 0.1) is 23.7 Å². The van der Waals surface area contributed by atoms with Crippen LogP contribution in [-0.2, 0) is 27.5 Å². The second-order valence-electron chi connectivity index (χ2n) is 8.80. The van der Waals surface area contributed by atoms with E-state index in [4.69, 9.17) is 9.73 Å². The van der Waals surface area contributed by atoms with Crippen LogP contribution in [0.1, 0.15) is 36.1 Å². The highest BCUT2D eigenvalue weighted by Crippen LogP contribution is 2.44. The molecule has 0 saturated carbocycles. The summed E-state index contributed by atoms with van der Waals surface area (Å²) >= 11 is 1.46. The van der Waals surface area contributed by atoms with Crippen molar-refractivity contribution in [2.24, 2.45) is 4.99 Å². The van der Waals surface area contributed by atoms with Crippen LogP contribution < -0.4 is 5.32 Å². The van der Waals surface area contributed by atoms with Gasteiger partial charge < -0.3 is 15.0 Å². The molecule has 2 aliphatic heterocycles. The molecular weight excluding hydrogens is 482 g/mol. The fourth-order valence-corrected chi connectivity index (χ4v) is 5.37. The maximum atomic E-state index is 13.5. The first-order valence-electron chi connectivity index (χ1n) is 12.1. The highest BCUT2D eigenvalue weighted by Gasteiger charge is 2.41. The molecule has 7 heteroatoms. The van der Waals surface area contributed by atoms with Crippen LogP contribution in [0.15, 0.2) is 118 Å². The van der Waals surface area contributed by atoms with Gasteiger partial charge in [-0.2, -0.15) is 0 Å². The van der Waals surface area contributed by atoms with E-state index in [1.54, 1.807) is 0 Å². The van der Waals surface area contributed by atoms with Gasteiger partial charge in [0.1, 0.15) is 6.61 Å². The van der Waals surface area contributed by atoms with Gasteiger partial charge in [0.2, 0.25) is 5.91 Å². The molecule has 0 bridgehead atoms. The second-order valence-corrected chi connectivity index (χ2v) is 9.64. The van der Waals surface area contributed by atoms with Crippen LogP contribution in [0.2, 0.25) is 0 Å². The average Bonchev–Trinajstić information content (AvgIpc) is 3.33. The monoisotopic (exact) mass is 509 g/mol. The van der Waals surface area contributed by atoms with Gasteiger partial charge in [-0.25, -0.2) is 9.79 Å². The van der Waals surface area contributed by atoms with Crippen molar-refractivity contribution in [3.05, 3.63) is 130 Å². The molecule has 2 heterocycles. The van der Waals surface area contributed by atoms with E-state index < -0.39 is 12.0 Å². The molecule has 1 amide bonds. The molecular formula is C30H27N3O3S. The molecule has 0 aliphatic carbocycles. The summed E-state index contributed by atoms with van der Waals surface area (Å²) < 4.78 is 5.74. The number of ether oxygens (including phenoxy) is 1. The first-order valence-corrected chi connectivity index (χ1v) is 13.0. The largest absolute Gasteiger partial charge is 0.457 e. The average molecular weight is 510 g/mol. The molecule has 0 saturated heterocycles. The molecule has 0 radical (unpaired) electrons. The summed E-state index contributed by atoms with van der Waals surface area (Å²) in [6, 6.07) is 28.8. The topological polar surface area (TPSA) is 71.0 Å². The van der Waals surface area contributed by atoms with Gasteiger partial charge in [-0.05, 0) is 29.0 Å². The molecule has 0 unspecified atom stereocenters. The van der Waals surface area contributed by atoms with E-state index >= 15 is 0 Å². The molecule has 37 heavy (non-hydrogen) atoms. The normalized spacial score (nSPS) is 16.6. The lowest BCUT2D eigenvalue weighted by atomic mass is 9.94. The molecule has 5 rings (SSSR count). The van der Waals surface area contributed by atoms with Gasteiger partial charge in [-0.1, -0.05) is 103 Å². The van der Waals surface area contributed by atoms with Crippen molar-refractivity contribution in [2.45, 2.75) is 32.5 Å². The molecule has 186 valence electrons. The summed E-state index contributed by atoms with van der Waals surface area (Å²) in [5, 5.41) is 5.69. The zero-order chi connectivity index (χ0) is 25.6. The predicted molar refractivity (Wildman–Crippen MR) is 146 cm³/mol. The highest BCUT2D eigenvalue weighted by atomic mass is 32.2. The molecule has 0 fully saturated rings. The molecule has 0 aromatic heterocycles. The van der Waals surface area contributed by atoms with Crippen LogP contribution in [-0.4, -0.2) is 21.9 Å². The number of nitrogens with zero attached hydrogens (tertiary/aromatic N) is 2. The lowest BCUT2D eigenvalue weighted by Crippen LogP contribution is -2.38. The number of benzene rings is 3. The maximum absolute atomic E-state index is 13.5. The minimum Gasteiger partial charge on any atom is -0.457 e. The Kier molecular flexibility index (Phi) is 7.51. The molecule has 0 spiro atoms. The first-order chi connectivity index (χ1) is 18.1. The van der Waals surface area contributed by atoms with Crippen LogP contribution in [0.25, 0.3) is 0 Å². The Morgan fingerprint density at radius 3 is 2.22 bits per heavy atom. The number of carbonyl (C=O) groups excluding carboxylic acids is 2. The van der Waals surface area contributed by atoms with Gasteiger partial charge in [-0.15, -0.1) is 0 Å². The summed E-state index contributed by atoms with van der Waals surface area (Å²) in [6.07, 6.45) is 0.174. The van der Waals surface area contributed by atoms with E-state index in [2.05, 4.69) is 5.32 Å². The highest BCUT2D eigenvalue weighted by molar-refractivity contribution is 8.16. The SMILES string of the molecule is CC1=C(C(=O)OCc2ccccc2)[C@H](c2ccccc2)N2C(CC(=O)NCc3ccccc3)=CSC2=N1. The fourth-order valence-electron chi connectivity index (χ4n) is 4.41. The van der Waals surface area contributed by atoms with Crippen molar-refractivity contribution in [2.75, 3.05) is 0 Å². The van der Waals surface area contributed by atoms with Gasteiger partial charge >= 0.3 is 5.97 Å². The van der Waals surface area contributed by atoms with Crippen molar-refractivity contribution < 1.29 is 14.3 Å². The van der Waals surface area contributed by atoms with Gasteiger partial charge in [-0.3, -0.25) is 4.79 Å². The standard InChI is InChI=1S/C30H27N3O3S/c1-21-27(29(35)36-19-23-13-7-3-8-14-23)28(24-15-9-4-10-16-24)33-25(20-37-30(33)32-21)17-26(34)31-18-22-11-5-2-6-12-22/h2-16,20,28H,17-19H2,1H3,(H,31,34)/t28-/m0/s1. The summed E-state index contributed by atoms with van der Waals surface area (Å²) in [6.45, 7) is 2.47. The third-order valence-corrected chi connectivity index (χ3v) is 7.11. The Morgan fingerprint density at radius 1 is 0.919 bits per heavy atom. The third-order valence-electron chi connectivity index (χ3n) is 6.22. The zero-order valence-corrected chi connectivity index (χ0v) is 21.3. The zero-order valence-electron chi connectivity index (χ0n) is 20.5. The predicted octanol–water partition coefficient (Wildman–Crippen LogP) is 5.71. The van der Waals surface area contributed by atoms with Crippen LogP contribution >= 0.6 is 11.8 Å².